The van der Waals surface area contributed by atoms with Gasteiger partial charge >= 0.3 is 0 Å². The number of nitrogens with one attached hydrogen (secondary N) is 1. The first kappa shape index (κ1) is 13.4. The van der Waals surface area contributed by atoms with Crippen LogP contribution in [0.4, 0.5) is 0 Å². The monoisotopic (exact) mass is 310 g/mol. The Morgan fingerprint density at radius 2 is 2.42 bits per heavy atom. The molecule has 1 aromatic carbocycles. The maximum absolute atomic E-state index is 5.98. The van der Waals surface area contributed by atoms with E-state index in [1.165, 1.54) is 28.4 Å². The fourth-order valence-electron chi connectivity index (χ4n) is 2.19. The van der Waals surface area contributed by atoms with E-state index in [1.807, 2.05) is 18.2 Å². The largest absolute Gasteiger partial charge is 0.309 e. The van der Waals surface area contributed by atoms with E-state index in [-0.39, 0.29) is 0 Å². The zero-order valence-electron chi connectivity index (χ0n) is 10.4. The van der Waals surface area contributed by atoms with Gasteiger partial charge in [-0.3, -0.25) is 0 Å². The molecule has 1 aromatic heterocycles. The number of hydrogen-bond donors (Lipinski definition) is 1. The fourth-order valence-corrected chi connectivity index (χ4v) is 4.27. The summed E-state index contributed by atoms with van der Waals surface area (Å²) in [6.07, 6.45) is 2.47. The molecule has 0 amide bonds. The summed E-state index contributed by atoms with van der Waals surface area (Å²) in [7, 11) is 0. The summed E-state index contributed by atoms with van der Waals surface area (Å²) in [5, 5.41) is 7.66. The number of hydrogen-bond acceptors (Lipinski definition) is 4. The highest BCUT2D eigenvalue weighted by atomic mass is 35.5. The molecule has 5 heteroatoms. The summed E-state index contributed by atoms with van der Waals surface area (Å²) in [6, 6.07) is 8.45. The molecule has 2 aromatic rings. The van der Waals surface area contributed by atoms with Crippen LogP contribution in [0.25, 0.3) is 0 Å². The van der Waals surface area contributed by atoms with Gasteiger partial charge in [0.2, 0.25) is 0 Å². The maximum atomic E-state index is 5.98. The lowest BCUT2D eigenvalue weighted by Crippen LogP contribution is -2.13. The smallest absolute Gasteiger partial charge is 0.103 e. The van der Waals surface area contributed by atoms with Gasteiger partial charge in [0.1, 0.15) is 5.01 Å². The van der Waals surface area contributed by atoms with Gasteiger partial charge in [-0.2, -0.15) is 0 Å². The molecule has 19 heavy (non-hydrogen) atoms. The van der Waals surface area contributed by atoms with Crippen molar-refractivity contribution in [3.8, 4) is 0 Å². The van der Waals surface area contributed by atoms with Crippen LogP contribution in [0.2, 0.25) is 5.02 Å². The summed E-state index contributed by atoms with van der Waals surface area (Å²) < 4.78 is 0. The van der Waals surface area contributed by atoms with Crippen molar-refractivity contribution in [2.45, 2.75) is 29.5 Å². The van der Waals surface area contributed by atoms with Gasteiger partial charge in [0.05, 0.1) is 17.5 Å². The third-order valence-corrected chi connectivity index (χ3v) is 5.44. The number of rotatable bonds is 4. The molecule has 100 valence electrons. The van der Waals surface area contributed by atoms with E-state index in [0.29, 0.717) is 6.04 Å². The second-order valence-electron chi connectivity index (χ2n) is 4.56. The van der Waals surface area contributed by atoms with Crippen molar-refractivity contribution in [3.63, 3.8) is 0 Å². The third kappa shape index (κ3) is 3.51. The normalized spacial score (nSPS) is 18.9. The molecule has 1 N–H and O–H groups in total. The zero-order chi connectivity index (χ0) is 13.1. The van der Waals surface area contributed by atoms with Crippen molar-refractivity contribution >= 4 is 34.7 Å². The van der Waals surface area contributed by atoms with E-state index in [1.54, 1.807) is 23.1 Å². The molecule has 0 radical (unpaired) electrons. The van der Waals surface area contributed by atoms with Gasteiger partial charge < -0.3 is 5.32 Å². The Morgan fingerprint density at radius 1 is 1.47 bits per heavy atom. The van der Waals surface area contributed by atoms with Gasteiger partial charge in [-0.05, 0) is 37.6 Å². The molecule has 1 fully saturated rings. The molecule has 1 aliphatic heterocycles. The molecule has 3 rings (SSSR count). The molecule has 0 unspecified atom stereocenters. The number of halogens is 1. The summed E-state index contributed by atoms with van der Waals surface area (Å²) in [5.41, 5.74) is 1.21. The first-order valence-corrected chi connectivity index (χ1v) is 8.61. The highest BCUT2D eigenvalue weighted by Crippen LogP contribution is 2.29. The van der Waals surface area contributed by atoms with Crippen molar-refractivity contribution in [2.75, 3.05) is 6.54 Å². The zero-order valence-corrected chi connectivity index (χ0v) is 12.8. The van der Waals surface area contributed by atoms with Crippen LogP contribution in [0.5, 0.6) is 0 Å². The number of aromatic nitrogens is 1. The van der Waals surface area contributed by atoms with E-state index in [9.17, 15) is 0 Å². The van der Waals surface area contributed by atoms with Gasteiger partial charge in [0.15, 0.2) is 0 Å². The molecule has 1 atom stereocenters. The predicted molar refractivity (Wildman–Crippen MR) is 83.1 cm³/mol. The van der Waals surface area contributed by atoms with Crippen LogP contribution < -0.4 is 5.32 Å². The molecule has 1 saturated heterocycles. The van der Waals surface area contributed by atoms with Crippen LogP contribution in [-0.2, 0) is 5.75 Å². The molecule has 1 aliphatic rings. The minimum atomic E-state index is 0.473. The van der Waals surface area contributed by atoms with Crippen molar-refractivity contribution in [1.82, 2.24) is 10.3 Å². The van der Waals surface area contributed by atoms with Gasteiger partial charge in [-0.15, -0.1) is 23.1 Å². The second-order valence-corrected chi connectivity index (χ2v) is 6.99. The fraction of sp³-hybridized carbons (Fsp3) is 0.357. The Morgan fingerprint density at radius 3 is 3.21 bits per heavy atom. The lowest BCUT2D eigenvalue weighted by Gasteiger charge is -2.05. The molecule has 2 nitrogen and oxygen atoms in total. The van der Waals surface area contributed by atoms with E-state index in [2.05, 4.69) is 16.8 Å². The predicted octanol–water partition coefficient (Wildman–Crippen LogP) is 4.51. The van der Waals surface area contributed by atoms with E-state index in [4.69, 9.17) is 16.6 Å². The van der Waals surface area contributed by atoms with Gasteiger partial charge in [-0.1, -0.05) is 17.7 Å². The van der Waals surface area contributed by atoms with Gasteiger partial charge in [-0.25, -0.2) is 4.98 Å². The van der Waals surface area contributed by atoms with Crippen LogP contribution >= 0.6 is 34.7 Å². The van der Waals surface area contributed by atoms with E-state index >= 15 is 0 Å². The van der Waals surface area contributed by atoms with Crippen molar-refractivity contribution in [2.24, 2.45) is 0 Å². The maximum Gasteiger partial charge on any atom is 0.103 e. The van der Waals surface area contributed by atoms with Crippen LogP contribution in [0.15, 0.2) is 34.5 Å². The Bertz CT molecular complexity index is 550. The number of thiazole rings is 1. The van der Waals surface area contributed by atoms with Crippen LogP contribution in [0, 0.1) is 0 Å². The summed E-state index contributed by atoms with van der Waals surface area (Å²) in [5.74, 6) is 0.914. The lowest BCUT2D eigenvalue weighted by molar-refractivity contribution is 0.630. The van der Waals surface area contributed by atoms with Crippen molar-refractivity contribution in [3.05, 3.63) is 45.4 Å². The van der Waals surface area contributed by atoms with Crippen molar-refractivity contribution in [1.29, 1.82) is 0 Å². The molecular formula is C14H15ClN2S2. The standard InChI is InChI=1S/C14H15ClN2S2/c15-10-3-1-4-11(7-10)18-9-14-17-13(8-19-14)12-5-2-6-16-12/h1,3-4,7-8,12,16H,2,5-6,9H2/t12-/m0/s1. The Balaban J connectivity index is 1.61. The van der Waals surface area contributed by atoms with Crippen LogP contribution in [0.1, 0.15) is 29.6 Å². The van der Waals surface area contributed by atoms with Gasteiger partial charge in [0, 0.05) is 15.3 Å². The Hall–Kier alpha value is -0.550. The molecule has 2 heterocycles. The van der Waals surface area contributed by atoms with E-state index in [0.717, 1.165) is 17.3 Å². The summed E-state index contributed by atoms with van der Waals surface area (Å²) in [6.45, 7) is 1.12. The van der Waals surface area contributed by atoms with E-state index < -0.39 is 0 Å². The highest BCUT2D eigenvalue weighted by Gasteiger charge is 2.18. The summed E-state index contributed by atoms with van der Waals surface area (Å²) in [4.78, 5) is 5.93. The molecule has 0 bridgehead atoms. The number of thioether (sulfide) groups is 1. The minimum absolute atomic E-state index is 0.473. The minimum Gasteiger partial charge on any atom is -0.309 e. The Kier molecular flexibility index (Phi) is 4.43. The quantitative estimate of drug-likeness (QED) is 0.841. The molecule has 0 spiro atoms. The SMILES string of the molecule is Clc1cccc(SCc2nc([C@@H]3CCCN3)cs2)c1. The van der Waals surface area contributed by atoms with Crippen LogP contribution in [-0.4, -0.2) is 11.5 Å². The second kappa shape index (κ2) is 6.27. The first-order chi connectivity index (χ1) is 9.31. The Labute approximate surface area is 126 Å². The first-order valence-electron chi connectivity index (χ1n) is 6.37. The van der Waals surface area contributed by atoms with Crippen molar-refractivity contribution < 1.29 is 0 Å². The van der Waals surface area contributed by atoms with Gasteiger partial charge in [0.25, 0.3) is 0 Å². The number of benzene rings is 1. The average molecular weight is 311 g/mol. The third-order valence-electron chi connectivity index (χ3n) is 3.15. The number of nitrogens with zero attached hydrogens (tertiary/aromatic N) is 1. The molecule has 0 saturated carbocycles. The molecular weight excluding hydrogens is 296 g/mol. The van der Waals surface area contributed by atoms with Crippen LogP contribution in [0.3, 0.4) is 0 Å². The highest BCUT2D eigenvalue weighted by molar-refractivity contribution is 7.98. The average Bonchev–Trinajstić information content (AvgIpc) is 3.07. The lowest BCUT2D eigenvalue weighted by atomic mass is 10.2. The summed E-state index contributed by atoms with van der Waals surface area (Å²) >= 11 is 9.52. The topological polar surface area (TPSA) is 24.9 Å². The molecule has 0 aliphatic carbocycles.